The van der Waals surface area contributed by atoms with E-state index < -0.39 is 42.4 Å². The Labute approximate surface area is 101 Å². The first-order valence-electron chi connectivity index (χ1n) is 5.47. The van der Waals surface area contributed by atoms with Crippen molar-refractivity contribution < 1.29 is 20.1 Å². The monoisotopic (exact) mass is 258 g/mol. The predicted octanol–water partition coefficient (Wildman–Crippen LogP) is -2.46. The van der Waals surface area contributed by atoms with Gasteiger partial charge in [0.15, 0.2) is 0 Å². The molecule has 4 atom stereocenters. The largest absolute Gasteiger partial charge is 0.394 e. The summed E-state index contributed by atoms with van der Waals surface area (Å²) in [5.41, 5.74) is -1.18. The molecular formula is C10H14N2O6. The minimum absolute atomic E-state index is 0.0909. The van der Waals surface area contributed by atoms with Crippen molar-refractivity contribution in [2.75, 3.05) is 6.61 Å². The highest BCUT2D eigenvalue weighted by molar-refractivity contribution is 4.90. The van der Waals surface area contributed by atoms with Crippen molar-refractivity contribution in [1.29, 1.82) is 0 Å². The van der Waals surface area contributed by atoms with Gasteiger partial charge in [0.05, 0.1) is 12.7 Å². The van der Waals surface area contributed by atoms with Crippen molar-refractivity contribution in [2.24, 2.45) is 0 Å². The zero-order valence-corrected chi connectivity index (χ0v) is 9.39. The average Bonchev–Trinajstić information content (AvgIpc) is 2.70. The molecule has 0 amide bonds. The number of rotatable bonds is 3. The number of H-pyrrole nitrogens is 1. The van der Waals surface area contributed by atoms with E-state index in [1.54, 1.807) is 0 Å². The maximum Gasteiger partial charge on any atom is 0.330 e. The van der Waals surface area contributed by atoms with E-state index in [9.17, 15) is 19.8 Å². The Morgan fingerprint density at radius 2 is 2.28 bits per heavy atom. The van der Waals surface area contributed by atoms with Gasteiger partial charge in [-0.05, 0) is 0 Å². The summed E-state index contributed by atoms with van der Waals surface area (Å²) in [6, 6.07) is 1.16. The van der Waals surface area contributed by atoms with Crippen LogP contribution in [0.4, 0.5) is 0 Å². The maximum absolute atomic E-state index is 11.5. The van der Waals surface area contributed by atoms with E-state index in [2.05, 4.69) is 4.98 Å². The highest BCUT2D eigenvalue weighted by Crippen LogP contribution is 2.29. The molecule has 8 heteroatoms. The van der Waals surface area contributed by atoms with Gasteiger partial charge in [0, 0.05) is 18.7 Å². The molecule has 0 saturated carbocycles. The van der Waals surface area contributed by atoms with Gasteiger partial charge in [0.1, 0.15) is 18.4 Å². The Hall–Kier alpha value is -1.48. The van der Waals surface area contributed by atoms with Crippen molar-refractivity contribution in [2.45, 2.75) is 31.0 Å². The van der Waals surface area contributed by atoms with Gasteiger partial charge in [-0.15, -0.1) is 0 Å². The number of hydrogen-bond acceptors (Lipinski definition) is 6. The second-order valence-corrected chi connectivity index (χ2v) is 4.13. The van der Waals surface area contributed by atoms with Crippen LogP contribution in [0.5, 0.6) is 0 Å². The van der Waals surface area contributed by atoms with Gasteiger partial charge in [-0.1, -0.05) is 0 Å². The molecule has 2 rings (SSSR count). The number of nitrogens with zero attached hydrogens (tertiary/aromatic N) is 1. The van der Waals surface area contributed by atoms with Gasteiger partial charge in [0.25, 0.3) is 5.56 Å². The molecule has 1 aliphatic heterocycles. The number of hydrogen-bond donors (Lipinski definition) is 4. The van der Waals surface area contributed by atoms with Crippen LogP contribution in [0.3, 0.4) is 0 Å². The van der Waals surface area contributed by atoms with E-state index in [1.165, 1.54) is 6.20 Å². The summed E-state index contributed by atoms with van der Waals surface area (Å²) >= 11 is 0. The number of aromatic amines is 1. The second kappa shape index (κ2) is 5.02. The van der Waals surface area contributed by atoms with Crippen LogP contribution in [0, 0.1) is 0 Å². The summed E-state index contributed by atoms with van der Waals surface area (Å²) in [6.07, 6.45) is -2.60. The Balaban J connectivity index is 2.22. The number of aliphatic hydroxyl groups excluding tert-OH is 3. The topological polar surface area (TPSA) is 125 Å². The van der Waals surface area contributed by atoms with Gasteiger partial charge in [-0.3, -0.25) is 14.3 Å². The van der Waals surface area contributed by atoms with Crippen LogP contribution >= 0.6 is 0 Å². The molecule has 8 nitrogen and oxygen atoms in total. The van der Waals surface area contributed by atoms with Crippen molar-refractivity contribution >= 4 is 0 Å². The zero-order valence-electron chi connectivity index (χ0n) is 9.39. The predicted molar refractivity (Wildman–Crippen MR) is 58.9 cm³/mol. The van der Waals surface area contributed by atoms with Gasteiger partial charge in [-0.25, -0.2) is 4.79 Å². The number of nitrogens with one attached hydrogen (secondary N) is 1. The van der Waals surface area contributed by atoms with Crippen LogP contribution < -0.4 is 11.2 Å². The third-order valence-corrected chi connectivity index (χ3v) is 2.86. The number of aliphatic hydroxyl groups is 3. The van der Waals surface area contributed by atoms with Crippen molar-refractivity contribution in [1.82, 2.24) is 9.55 Å². The smallest absolute Gasteiger partial charge is 0.330 e. The second-order valence-electron chi connectivity index (χ2n) is 4.13. The first-order chi connectivity index (χ1) is 8.52. The molecule has 0 spiro atoms. The standard InChI is InChI=1S/C10H14N2O6/c13-4-6(15)9-5(14)3-8(18-9)12-2-1-7(16)11-10(12)17/h1-2,5-6,8-9,13-15H,3-4H2,(H,11,16,17)/t5-,6?,8+,9-/m0/s1. The molecule has 0 radical (unpaired) electrons. The molecule has 18 heavy (non-hydrogen) atoms. The molecule has 0 bridgehead atoms. The molecule has 0 aliphatic carbocycles. The summed E-state index contributed by atoms with van der Waals surface area (Å²) in [6.45, 7) is -0.547. The van der Waals surface area contributed by atoms with Crippen molar-refractivity contribution in [3.63, 3.8) is 0 Å². The lowest BCUT2D eigenvalue weighted by atomic mass is 10.1. The molecule has 1 unspecified atom stereocenters. The Bertz CT molecular complexity index is 524. The fraction of sp³-hybridized carbons (Fsp3) is 0.600. The molecule has 1 saturated heterocycles. The highest BCUT2D eigenvalue weighted by Gasteiger charge is 2.39. The summed E-state index contributed by atoms with van der Waals surface area (Å²) in [7, 11) is 0. The summed E-state index contributed by atoms with van der Waals surface area (Å²) in [5, 5.41) is 27.9. The van der Waals surface area contributed by atoms with Crippen LogP contribution in [-0.2, 0) is 4.74 Å². The Morgan fingerprint density at radius 1 is 1.56 bits per heavy atom. The Kier molecular flexibility index (Phi) is 3.62. The normalized spacial score (nSPS) is 29.4. The van der Waals surface area contributed by atoms with E-state index in [4.69, 9.17) is 9.84 Å². The van der Waals surface area contributed by atoms with E-state index in [0.29, 0.717) is 0 Å². The van der Waals surface area contributed by atoms with Gasteiger partial charge in [-0.2, -0.15) is 0 Å². The van der Waals surface area contributed by atoms with Gasteiger partial charge >= 0.3 is 5.69 Å². The maximum atomic E-state index is 11.5. The lowest BCUT2D eigenvalue weighted by Gasteiger charge is -2.19. The zero-order chi connectivity index (χ0) is 13.3. The molecular weight excluding hydrogens is 244 g/mol. The van der Waals surface area contributed by atoms with Crippen molar-refractivity contribution in [3.8, 4) is 0 Å². The van der Waals surface area contributed by atoms with E-state index >= 15 is 0 Å². The molecule has 0 aromatic carbocycles. The van der Waals surface area contributed by atoms with Crippen LogP contribution in [0.1, 0.15) is 12.6 Å². The molecule has 100 valence electrons. The molecule has 4 N–H and O–H groups in total. The number of ether oxygens (including phenoxy) is 1. The molecule has 1 aliphatic rings. The van der Waals surface area contributed by atoms with E-state index in [-0.39, 0.29) is 6.42 Å². The average molecular weight is 258 g/mol. The van der Waals surface area contributed by atoms with Crippen LogP contribution in [0.2, 0.25) is 0 Å². The SMILES string of the molecule is O=c1ccn([C@H]2C[C@H](O)[C@@H](C(O)CO)O2)c(=O)[nH]1. The summed E-state index contributed by atoms with van der Waals surface area (Å²) < 4.78 is 6.43. The van der Waals surface area contributed by atoms with Crippen LogP contribution in [0.25, 0.3) is 0 Å². The molecule has 2 heterocycles. The lowest BCUT2D eigenvalue weighted by molar-refractivity contribution is -0.0965. The van der Waals surface area contributed by atoms with E-state index in [0.717, 1.165) is 10.6 Å². The quantitative estimate of drug-likeness (QED) is 0.476. The van der Waals surface area contributed by atoms with Crippen LogP contribution in [0.15, 0.2) is 21.9 Å². The first-order valence-corrected chi connectivity index (χ1v) is 5.47. The molecule has 1 fully saturated rings. The number of aromatic nitrogens is 2. The van der Waals surface area contributed by atoms with Crippen molar-refractivity contribution in [3.05, 3.63) is 33.1 Å². The Morgan fingerprint density at radius 3 is 2.89 bits per heavy atom. The minimum atomic E-state index is -1.22. The van der Waals surface area contributed by atoms with Crippen LogP contribution in [-0.4, -0.2) is 49.8 Å². The van der Waals surface area contributed by atoms with E-state index in [1.807, 2.05) is 0 Å². The third kappa shape index (κ3) is 2.36. The van der Waals surface area contributed by atoms with Gasteiger partial charge in [0.2, 0.25) is 0 Å². The fourth-order valence-electron chi connectivity index (χ4n) is 1.95. The lowest BCUT2D eigenvalue weighted by Crippen LogP contribution is -2.37. The third-order valence-electron chi connectivity index (χ3n) is 2.86. The fourth-order valence-corrected chi connectivity index (χ4v) is 1.95. The summed E-state index contributed by atoms with van der Waals surface area (Å²) in [5.74, 6) is 0. The molecule has 1 aromatic heterocycles. The highest BCUT2D eigenvalue weighted by atomic mass is 16.5. The van der Waals surface area contributed by atoms with Gasteiger partial charge < -0.3 is 20.1 Å². The first kappa shape index (κ1) is 13.0. The summed E-state index contributed by atoms with van der Waals surface area (Å²) in [4.78, 5) is 24.5. The molecule has 1 aromatic rings. The minimum Gasteiger partial charge on any atom is -0.394 e.